The van der Waals surface area contributed by atoms with Gasteiger partial charge in [0.1, 0.15) is 0 Å². The van der Waals surface area contributed by atoms with E-state index < -0.39 is 0 Å². The van der Waals surface area contributed by atoms with Crippen LogP contribution < -0.4 is 18.9 Å². The highest BCUT2D eigenvalue weighted by molar-refractivity contribution is 5.89. The van der Waals surface area contributed by atoms with Crippen LogP contribution in [0.5, 0.6) is 23.0 Å². The van der Waals surface area contributed by atoms with E-state index in [-0.39, 0.29) is 24.2 Å². The summed E-state index contributed by atoms with van der Waals surface area (Å²) in [6, 6.07) is 11.5. The summed E-state index contributed by atoms with van der Waals surface area (Å²) in [5.74, 6) is 2.34. The van der Waals surface area contributed by atoms with Crippen molar-refractivity contribution in [3.05, 3.63) is 47.5 Å². The third-order valence-electron chi connectivity index (χ3n) is 6.28. The lowest BCUT2D eigenvalue weighted by Crippen LogP contribution is -2.37. The Morgan fingerprint density at radius 1 is 0.943 bits per heavy atom. The number of amides is 2. The van der Waals surface area contributed by atoms with E-state index in [4.69, 9.17) is 18.9 Å². The molecule has 0 N–H and O–H groups in total. The maximum atomic E-state index is 13.3. The number of methoxy groups -OCH3 is 3. The van der Waals surface area contributed by atoms with Gasteiger partial charge in [0.25, 0.3) is 0 Å². The predicted octanol–water partition coefficient (Wildman–Crippen LogP) is 3.55. The van der Waals surface area contributed by atoms with E-state index in [1.54, 1.807) is 31.1 Å². The quantitative estimate of drug-likeness (QED) is 0.459. The van der Waals surface area contributed by atoms with E-state index in [0.717, 1.165) is 11.1 Å². The van der Waals surface area contributed by atoms with Crippen molar-refractivity contribution in [1.29, 1.82) is 0 Å². The molecule has 1 unspecified atom stereocenters. The van der Waals surface area contributed by atoms with E-state index in [1.807, 2.05) is 50.2 Å². The van der Waals surface area contributed by atoms with Gasteiger partial charge in [-0.2, -0.15) is 0 Å². The highest BCUT2D eigenvalue weighted by atomic mass is 16.5. The molecule has 0 bridgehead atoms. The highest BCUT2D eigenvalue weighted by Gasteiger charge is 2.36. The zero-order chi connectivity index (χ0) is 25.4. The van der Waals surface area contributed by atoms with Gasteiger partial charge in [-0.25, -0.2) is 0 Å². The van der Waals surface area contributed by atoms with Gasteiger partial charge in [0.15, 0.2) is 23.0 Å². The molecule has 2 amide bonds. The molecule has 2 aromatic carbocycles. The second-order valence-electron chi connectivity index (χ2n) is 8.45. The first-order valence-corrected chi connectivity index (χ1v) is 12.0. The van der Waals surface area contributed by atoms with Crippen molar-refractivity contribution in [2.24, 2.45) is 5.92 Å². The number of hydrogen-bond acceptors (Lipinski definition) is 6. The molecule has 1 heterocycles. The summed E-state index contributed by atoms with van der Waals surface area (Å²) >= 11 is 0. The highest BCUT2D eigenvalue weighted by Crippen LogP contribution is 2.30. The lowest BCUT2D eigenvalue weighted by molar-refractivity contribution is -0.136. The van der Waals surface area contributed by atoms with Crippen LogP contribution in [0.4, 0.5) is 0 Å². The molecule has 1 atom stereocenters. The van der Waals surface area contributed by atoms with Crippen LogP contribution in [-0.2, 0) is 22.6 Å². The third-order valence-corrected chi connectivity index (χ3v) is 6.28. The molecule has 1 aliphatic heterocycles. The van der Waals surface area contributed by atoms with E-state index >= 15 is 0 Å². The van der Waals surface area contributed by atoms with Crippen molar-refractivity contribution >= 4 is 11.8 Å². The smallest absolute Gasteiger partial charge is 0.228 e. The minimum absolute atomic E-state index is 0.00215. The van der Waals surface area contributed by atoms with Gasteiger partial charge in [-0.05, 0) is 55.7 Å². The summed E-state index contributed by atoms with van der Waals surface area (Å²) in [5.41, 5.74) is 2.00. The number of likely N-dealkylation sites (tertiary alicyclic amines) is 1. The molecule has 1 saturated heterocycles. The Hall–Kier alpha value is -3.42. The first kappa shape index (κ1) is 26.2. The van der Waals surface area contributed by atoms with Crippen molar-refractivity contribution in [3.63, 3.8) is 0 Å². The molecule has 1 fully saturated rings. The van der Waals surface area contributed by atoms with Crippen LogP contribution in [0.15, 0.2) is 36.4 Å². The van der Waals surface area contributed by atoms with Crippen LogP contribution >= 0.6 is 0 Å². The molecule has 1 aliphatic rings. The first-order valence-electron chi connectivity index (χ1n) is 12.0. The zero-order valence-electron chi connectivity index (χ0n) is 21.3. The largest absolute Gasteiger partial charge is 0.493 e. The van der Waals surface area contributed by atoms with Crippen molar-refractivity contribution in [1.82, 2.24) is 9.80 Å². The topological polar surface area (TPSA) is 77.5 Å². The predicted molar refractivity (Wildman–Crippen MR) is 133 cm³/mol. The number of ether oxygens (including phenoxy) is 4. The number of hydrogen-bond donors (Lipinski definition) is 0. The number of carbonyl (C=O) groups is 2. The van der Waals surface area contributed by atoms with E-state index in [1.165, 1.54) is 0 Å². The summed E-state index contributed by atoms with van der Waals surface area (Å²) in [6.45, 7) is 6.43. The van der Waals surface area contributed by atoms with Crippen LogP contribution in [-0.4, -0.2) is 69.2 Å². The molecule has 0 aromatic heterocycles. The molecule has 0 radical (unpaired) electrons. The van der Waals surface area contributed by atoms with Crippen LogP contribution in [0.25, 0.3) is 0 Å². The van der Waals surface area contributed by atoms with Gasteiger partial charge in [0.2, 0.25) is 11.8 Å². The summed E-state index contributed by atoms with van der Waals surface area (Å²) in [4.78, 5) is 29.5. The van der Waals surface area contributed by atoms with Crippen LogP contribution in [0.2, 0.25) is 0 Å². The van der Waals surface area contributed by atoms with Crippen molar-refractivity contribution in [3.8, 4) is 23.0 Å². The molecule has 8 heteroatoms. The maximum absolute atomic E-state index is 13.3. The second-order valence-corrected chi connectivity index (χ2v) is 8.45. The van der Waals surface area contributed by atoms with Gasteiger partial charge in [0.05, 0.1) is 33.9 Å². The number of nitrogens with zero attached hydrogens (tertiary/aromatic N) is 2. The lowest BCUT2D eigenvalue weighted by atomic mass is 10.1. The van der Waals surface area contributed by atoms with Crippen molar-refractivity contribution < 1.29 is 28.5 Å². The molecule has 8 nitrogen and oxygen atoms in total. The van der Waals surface area contributed by atoms with Crippen molar-refractivity contribution in [2.45, 2.75) is 33.2 Å². The van der Waals surface area contributed by atoms with E-state index in [2.05, 4.69) is 0 Å². The van der Waals surface area contributed by atoms with Crippen LogP contribution in [0.3, 0.4) is 0 Å². The Morgan fingerprint density at radius 2 is 1.57 bits per heavy atom. The number of benzene rings is 2. The summed E-state index contributed by atoms with van der Waals surface area (Å²) in [5, 5.41) is 0. The molecular weight excluding hydrogens is 448 g/mol. The van der Waals surface area contributed by atoms with Crippen LogP contribution in [0.1, 0.15) is 31.4 Å². The first-order chi connectivity index (χ1) is 16.9. The number of carbonyl (C=O) groups excluding carboxylic acids is 2. The zero-order valence-corrected chi connectivity index (χ0v) is 21.3. The molecule has 190 valence electrons. The summed E-state index contributed by atoms with van der Waals surface area (Å²) in [6.07, 6.45) is 0.921. The van der Waals surface area contributed by atoms with Gasteiger partial charge in [-0.3, -0.25) is 9.59 Å². The molecule has 0 aliphatic carbocycles. The Balaban J connectivity index is 1.61. The molecule has 3 rings (SSSR count). The lowest BCUT2D eigenvalue weighted by Gasteiger charge is -2.25. The Morgan fingerprint density at radius 3 is 2.23 bits per heavy atom. The SMILES string of the molecule is CCOc1ccc(CN(CC)C(=O)C2CC(=O)N(CCc3ccc(OC)c(OC)c3)C2)cc1OC. The van der Waals surface area contributed by atoms with Gasteiger partial charge in [-0.15, -0.1) is 0 Å². The van der Waals surface area contributed by atoms with Crippen LogP contribution in [0, 0.1) is 5.92 Å². The second kappa shape index (κ2) is 12.3. The Labute approximate surface area is 207 Å². The average Bonchev–Trinajstić information content (AvgIpc) is 3.26. The van der Waals surface area contributed by atoms with Gasteiger partial charge >= 0.3 is 0 Å². The fraction of sp³-hybridized carbons (Fsp3) is 0.481. The molecule has 0 spiro atoms. The molecule has 0 saturated carbocycles. The van der Waals surface area contributed by atoms with Gasteiger partial charge in [0, 0.05) is 32.6 Å². The third kappa shape index (κ3) is 6.38. The van der Waals surface area contributed by atoms with Gasteiger partial charge < -0.3 is 28.7 Å². The fourth-order valence-corrected chi connectivity index (χ4v) is 4.36. The fourth-order valence-electron chi connectivity index (χ4n) is 4.36. The van der Waals surface area contributed by atoms with E-state index in [0.29, 0.717) is 62.2 Å². The molecule has 2 aromatic rings. The summed E-state index contributed by atoms with van der Waals surface area (Å²) in [7, 11) is 4.80. The molecular formula is C27H36N2O6. The molecule has 35 heavy (non-hydrogen) atoms. The average molecular weight is 485 g/mol. The minimum Gasteiger partial charge on any atom is -0.493 e. The number of rotatable bonds is 12. The summed E-state index contributed by atoms with van der Waals surface area (Å²) < 4.78 is 21.7. The van der Waals surface area contributed by atoms with Crippen molar-refractivity contribution in [2.75, 3.05) is 47.6 Å². The Kier molecular flexibility index (Phi) is 9.23. The normalized spacial score (nSPS) is 15.2. The minimum atomic E-state index is -0.336. The standard InChI is InChI=1S/C27H36N2O6/c1-6-28(17-20-9-11-23(35-7-2)25(15-20)34-5)27(31)21-16-26(30)29(18-21)13-12-19-8-10-22(32-3)24(14-19)33-4/h8-11,14-15,21H,6-7,12-13,16-18H2,1-5H3. The maximum Gasteiger partial charge on any atom is 0.228 e. The Bertz CT molecular complexity index is 1020. The van der Waals surface area contributed by atoms with E-state index in [9.17, 15) is 9.59 Å². The van der Waals surface area contributed by atoms with Gasteiger partial charge in [-0.1, -0.05) is 12.1 Å². The monoisotopic (exact) mass is 484 g/mol.